The second-order valence-electron chi connectivity index (χ2n) is 1.31. The summed E-state index contributed by atoms with van der Waals surface area (Å²) in [7, 11) is 0. The molecule has 0 saturated carbocycles. The molecule has 0 aromatic carbocycles. The van der Waals surface area contributed by atoms with Crippen molar-refractivity contribution in [2.24, 2.45) is 0 Å². The summed E-state index contributed by atoms with van der Waals surface area (Å²) in [6.45, 7) is 0. The standard InChI is InChI=1S/C5H5N3/c6-5-8-3-1-7-2-4-8/h1-4,7H. The summed E-state index contributed by atoms with van der Waals surface area (Å²) in [4.78, 5) is 1.40. The van der Waals surface area contributed by atoms with Crippen molar-refractivity contribution in [3.8, 4) is 6.19 Å². The molecule has 40 valence electrons. The molecule has 0 saturated heterocycles. The van der Waals surface area contributed by atoms with Crippen molar-refractivity contribution < 1.29 is 0 Å². The molecule has 1 heterocycles. The lowest BCUT2D eigenvalue weighted by atomic mass is 10.6. The number of rotatable bonds is 0. The van der Waals surface area contributed by atoms with E-state index in [2.05, 4.69) is 5.32 Å². The molecule has 1 N–H and O–H groups in total. The van der Waals surface area contributed by atoms with Crippen LogP contribution >= 0.6 is 0 Å². The van der Waals surface area contributed by atoms with Gasteiger partial charge in [-0.25, -0.2) is 0 Å². The summed E-state index contributed by atoms with van der Waals surface area (Å²) in [5, 5.41) is 11.0. The van der Waals surface area contributed by atoms with E-state index >= 15 is 0 Å². The molecular weight excluding hydrogens is 102 g/mol. The number of hydrogen-bond acceptors (Lipinski definition) is 3. The van der Waals surface area contributed by atoms with Gasteiger partial charge in [-0.1, -0.05) is 0 Å². The minimum absolute atomic E-state index is 1.40. The van der Waals surface area contributed by atoms with Crippen LogP contribution in [-0.2, 0) is 0 Å². The minimum Gasteiger partial charge on any atom is -0.365 e. The van der Waals surface area contributed by atoms with Crippen LogP contribution in [0.2, 0.25) is 0 Å². The van der Waals surface area contributed by atoms with Crippen LogP contribution in [0.3, 0.4) is 0 Å². The molecule has 0 aliphatic carbocycles. The normalized spacial score (nSPS) is 15.1. The largest absolute Gasteiger partial charge is 0.365 e. The highest BCUT2D eigenvalue weighted by Gasteiger charge is 1.89. The maximum Gasteiger partial charge on any atom is 0.188 e. The number of nitrogens with one attached hydrogen (secondary N) is 1. The average Bonchev–Trinajstić information content (AvgIpc) is 1.90. The van der Waals surface area contributed by atoms with Gasteiger partial charge in [0.25, 0.3) is 0 Å². The van der Waals surface area contributed by atoms with Crippen molar-refractivity contribution in [2.45, 2.75) is 0 Å². The zero-order chi connectivity index (χ0) is 5.82. The molecule has 0 radical (unpaired) electrons. The smallest absolute Gasteiger partial charge is 0.188 e. The fourth-order valence-corrected chi connectivity index (χ4v) is 0.419. The van der Waals surface area contributed by atoms with Crippen LogP contribution in [0.4, 0.5) is 0 Å². The fraction of sp³-hybridized carbons (Fsp3) is 0. The monoisotopic (exact) mass is 107 g/mol. The summed E-state index contributed by atoms with van der Waals surface area (Å²) in [5.74, 6) is 0. The van der Waals surface area contributed by atoms with E-state index in [9.17, 15) is 0 Å². The van der Waals surface area contributed by atoms with E-state index in [4.69, 9.17) is 5.26 Å². The first-order valence-corrected chi connectivity index (χ1v) is 2.21. The van der Waals surface area contributed by atoms with Crippen LogP contribution in [0.25, 0.3) is 0 Å². The van der Waals surface area contributed by atoms with Crippen LogP contribution in [0.1, 0.15) is 0 Å². The Hall–Kier alpha value is -1.43. The minimum atomic E-state index is 1.40. The van der Waals surface area contributed by atoms with E-state index in [0.29, 0.717) is 0 Å². The predicted octanol–water partition coefficient (Wildman–Crippen LogP) is 0.315. The zero-order valence-corrected chi connectivity index (χ0v) is 4.20. The maximum absolute atomic E-state index is 8.24. The number of nitrogens with zero attached hydrogens (tertiary/aromatic N) is 2. The van der Waals surface area contributed by atoms with Crippen LogP contribution in [-0.4, -0.2) is 4.90 Å². The molecule has 1 aliphatic rings. The lowest BCUT2D eigenvalue weighted by Gasteiger charge is -2.05. The predicted molar refractivity (Wildman–Crippen MR) is 28.9 cm³/mol. The lowest BCUT2D eigenvalue weighted by Crippen LogP contribution is -2.08. The van der Waals surface area contributed by atoms with Crippen molar-refractivity contribution in [3.63, 3.8) is 0 Å². The van der Waals surface area contributed by atoms with E-state index in [-0.39, 0.29) is 0 Å². The van der Waals surface area contributed by atoms with Crippen molar-refractivity contribution in [1.29, 1.82) is 5.26 Å². The number of nitriles is 1. The third-order valence-corrected chi connectivity index (χ3v) is 0.778. The molecule has 3 nitrogen and oxygen atoms in total. The van der Waals surface area contributed by atoms with Crippen LogP contribution in [0.15, 0.2) is 24.8 Å². The Bertz CT molecular complexity index is 151. The van der Waals surface area contributed by atoms with Crippen LogP contribution < -0.4 is 5.32 Å². The summed E-state index contributed by atoms with van der Waals surface area (Å²) in [5.41, 5.74) is 0. The molecule has 0 fully saturated rings. The topological polar surface area (TPSA) is 39.1 Å². The first-order chi connectivity index (χ1) is 3.93. The second kappa shape index (κ2) is 2.03. The molecule has 0 bridgehead atoms. The first-order valence-electron chi connectivity index (χ1n) is 2.21. The lowest BCUT2D eigenvalue weighted by molar-refractivity contribution is 0.688. The van der Waals surface area contributed by atoms with Crippen molar-refractivity contribution >= 4 is 0 Å². The number of hydrogen-bond donors (Lipinski definition) is 1. The maximum atomic E-state index is 8.24. The molecule has 1 aliphatic heterocycles. The van der Waals surface area contributed by atoms with Crippen molar-refractivity contribution in [3.05, 3.63) is 24.8 Å². The fourth-order valence-electron chi connectivity index (χ4n) is 0.419. The highest BCUT2D eigenvalue weighted by atomic mass is 15.1. The summed E-state index contributed by atoms with van der Waals surface area (Å²) in [6, 6.07) is 0. The quantitative estimate of drug-likeness (QED) is 0.453. The molecule has 8 heavy (non-hydrogen) atoms. The third kappa shape index (κ3) is 0.793. The Morgan fingerprint density at radius 2 is 2.00 bits per heavy atom. The van der Waals surface area contributed by atoms with Crippen molar-refractivity contribution in [2.75, 3.05) is 0 Å². The Balaban J connectivity index is 2.58. The van der Waals surface area contributed by atoms with Crippen LogP contribution in [0, 0.1) is 11.5 Å². The highest BCUT2D eigenvalue weighted by Crippen LogP contribution is 1.90. The molecule has 1 rings (SSSR count). The molecule has 0 aromatic rings. The van der Waals surface area contributed by atoms with Gasteiger partial charge in [0.1, 0.15) is 0 Å². The summed E-state index contributed by atoms with van der Waals surface area (Å²) >= 11 is 0. The van der Waals surface area contributed by atoms with Gasteiger partial charge in [-0.05, 0) is 0 Å². The Morgan fingerprint density at radius 3 is 2.38 bits per heavy atom. The van der Waals surface area contributed by atoms with Gasteiger partial charge in [-0.3, -0.25) is 4.90 Å². The Labute approximate surface area is 47.5 Å². The van der Waals surface area contributed by atoms with E-state index in [1.165, 1.54) is 4.90 Å². The third-order valence-electron chi connectivity index (χ3n) is 0.778. The van der Waals surface area contributed by atoms with Gasteiger partial charge in [0.05, 0.1) is 0 Å². The summed E-state index contributed by atoms with van der Waals surface area (Å²) < 4.78 is 0. The van der Waals surface area contributed by atoms with Gasteiger partial charge in [0, 0.05) is 24.8 Å². The summed E-state index contributed by atoms with van der Waals surface area (Å²) in [6.07, 6.45) is 8.57. The molecule has 3 heteroatoms. The molecule has 0 atom stereocenters. The van der Waals surface area contributed by atoms with Gasteiger partial charge in [0.15, 0.2) is 6.19 Å². The Morgan fingerprint density at radius 1 is 1.38 bits per heavy atom. The SMILES string of the molecule is N#CN1C=CNC=C1. The van der Waals surface area contributed by atoms with Crippen LogP contribution in [0.5, 0.6) is 0 Å². The van der Waals surface area contributed by atoms with E-state index in [1.54, 1.807) is 24.8 Å². The average molecular weight is 107 g/mol. The Kier molecular flexibility index (Phi) is 1.20. The van der Waals surface area contributed by atoms with E-state index in [0.717, 1.165) is 0 Å². The molecular formula is C5H5N3. The first kappa shape index (κ1) is 4.72. The van der Waals surface area contributed by atoms with E-state index < -0.39 is 0 Å². The van der Waals surface area contributed by atoms with Crippen molar-refractivity contribution in [1.82, 2.24) is 10.2 Å². The van der Waals surface area contributed by atoms with E-state index in [1.807, 2.05) is 6.19 Å². The van der Waals surface area contributed by atoms with Gasteiger partial charge >= 0.3 is 0 Å². The van der Waals surface area contributed by atoms with Gasteiger partial charge in [-0.2, -0.15) is 5.26 Å². The zero-order valence-electron chi connectivity index (χ0n) is 4.20. The van der Waals surface area contributed by atoms with Gasteiger partial charge < -0.3 is 5.32 Å². The molecule has 0 amide bonds. The second-order valence-corrected chi connectivity index (χ2v) is 1.31. The molecule has 0 spiro atoms. The van der Waals surface area contributed by atoms with Gasteiger partial charge in [-0.15, -0.1) is 0 Å². The van der Waals surface area contributed by atoms with Gasteiger partial charge in [0.2, 0.25) is 0 Å². The highest BCUT2D eigenvalue weighted by molar-refractivity contribution is 5.03. The molecule has 0 unspecified atom stereocenters. The molecule has 0 aromatic heterocycles.